The first-order chi connectivity index (χ1) is 12.4. The molecule has 1 saturated heterocycles. The number of esters is 1. The number of benzene rings is 1. The van der Waals surface area contributed by atoms with Crippen molar-refractivity contribution in [2.24, 2.45) is 0 Å². The molecule has 1 fully saturated rings. The van der Waals surface area contributed by atoms with Crippen LogP contribution in [0.3, 0.4) is 0 Å². The normalized spacial score (nSPS) is 21.8. The summed E-state index contributed by atoms with van der Waals surface area (Å²) in [6.07, 6.45) is 3.49. The molecular weight excluding hydrogens is 377 g/mol. The fraction of sp³-hybridized carbons (Fsp3) is 0.368. The summed E-state index contributed by atoms with van der Waals surface area (Å²) in [6, 6.07) is 5.03. The molecule has 0 saturated carbocycles. The molecule has 1 atom stereocenters. The highest BCUT2D eigenvalue weighted by atomic mass is 35.5. The van der Waals surface area contributed by atoms with E-state index in [1.54, 1.807) is 36.1 Å². The van der Waals surface area contributed by atoms with Gasteiger partial charge < -0.3 is 14.4 Å². The highest BCUT2D eigenvalue weighted by Gasteiger charge is 2.38. The van der Waals surface area contributed by atoms with Gasteiger partial charge in [-0.3, -0.25) is 4.79 Å². The molecule has 0 aromatic heterocycles. The summed E-state index contributed by atoms with van der Waals surface area (Å²) < 4.78 is 10.5. The third-order valence-corrected chi connectivity index (χ3v) is 5.30. The lowest BCUT2D eigenvalue weighted by molar-refractivity contribution is -0.136. The van der Waals surface area contributed by atoms with Gasteiger partial charge in [-0.2, -0.15) is 0 Å². The Labute approximate surface area is 162 Å². The van der Waals surface area contributed by atoms with Crippen LogP contribution in [0, 0.1) is 0 Å². The largest absolute Gasteiger partial charge is 0.465 e. The van der Waals surface area contributed by atoms with Crippen molar-refractivity contribution in [2.75, 3.05) is 20.3 Å². The van der Waals surface area contributed by atoms with E-state index in [0.29, 0.717) is 34.5 Å². The fourth-order valence-corrected chi connectivity index (χ4v) is 3.52. The maximum atomic E-state index is 13.0. The quantitative estimate of drug-likeness (QED) is 0.573. The van der Waals surface area contributed by atoms with Crippen molar-refractivity contribution < 1.29 is 19.1 Å². The standard InChI is InChI=1S/C19H19Cl2NO4/c1-11-17(19(24)25-2)14(8-12-5-6-15(20)16(21)9-12)18(23)22(11)10-13-4-3-7-26-13/h5-6,8-9,13H,3-4,7,10H2,1-2H3. The molecule has 138 valence electrons. The summed E-state index contributed by atoms with van der Waals surface area (Å²) in [5.74, 6) is -0.790. The summed E-state index contributed by atoms with van der Waals surface area (Å²) in [5, 5.41) is 0.800. The summed E-state index contributed by atoms with van der Waals surface area (Å²) in [7, 11) is 1.30. The Hall–Kier alpha value is -1.82. The minimum atomic E-state index is -0.544. The van der Waals surface area contributed by atoms with Crippen LogP contribution in [-0.4, -0.2) is 43.1 Å². The first-order valence-electron chi connectivity index (χ1n) is 8.32. The lowest BCUT2D eigenvalue weighted by Crippen LogP contribution is -2.33. The van der Waals surface area contributed by atoms with Gasteiger partial charge in [-0.15, -0.1) is 0 Å². The number of halogens is 2. The Kier molecular flexibility index (Phi) is 5.70. The van der Waals surface area contributed by atoms with E-state index in [2.05, 4.69) is 0 Å². The van der Waals surface area contributed by atoms with E-state index in [0.717, 1.165) is 12.8 Å². The molecule has 1 aromatic rings. The third kappa shape index (κ3) is 3.65. The highest BCUT2D eigenvalue weighted by Crippen LogP contribution is 2.33. The molecule has 0 aliphatic carbocycles. The number of amides is 1. The summed E-state index contributed by atoms with van der Waals surface area (Å²) in [4.78, 5) is 26.9. The van der Waals surface area contributed by atoms with Crippen LogP contribution in [-0.2, 0) is 19.1 Å². The van der Waals surface area contributed by atoms with E-state index < -0.39 is 5.97 Å². The second-order valence-electron chi connectivity index (χ2n) is 6.23. The number of methoxy groups -OCH3 is 1. The van der Waals surface area contributed by atoms with Crippen molar-refractivity contribution in [3.8, 4) is 0 Å². The molecule has 2 heterocycles. The van der Waals surface area contributed by atoms with Crippen molar-refractivity contribution in [1.29, 1.82) is 0 Å². The second kappa shape index (κ2) is 7.82. The van der Waals surface area contributed by atoms with Crippen LogP contribution in [0.4, 0.5) is 0 Å². The third-order valence-electron chi connectivity index (χ3n) is 4.57. The molecule has 0 bridgehead atoms. The van der Waals surface area contributed by atoms with Gasteiger partial charge in [-0.1, -0.05) is 29.3 Å². The van der Waals surface area contributed by atoms with Gasteiger partial charge in [0.1, 0.15) is 0 Å². The molecule has 2 aliphatic heterocycles. The molecular formula is C19H19Cl2NO4. The number of carbonyl (C=O) groups excluding carboxylic acids is 2. The van der Waals surface area contributed by atoms with Crippen LogP contribution in [0.25, 0.3) is 6.08 Å². The van der Waals surface area contributed by atoms with Gasteiger partial charge in [-0.05, 0) is 43.5 Å². The van der Waals surface area contributed by atoms with Crippen LogP contribution in [0.1, 0.15) is 25.3 Å². The number of allylic oxidation sites excluding steroid dienone is 1. The molecule has 2 aliphatic rings. The van der Waals surface area contributed by atoms with Crippen LogP contribution < -0.4 is 0 Å². The topological polar surface area (TPSA) is 55.8 Å². The van der Waals surface area contributed by atoms with E-state index >= 15 is 0 Å². The molecule has 1 unspecified atom stereocenters. The number of ether oxygens (including phenoxy) is 2. The predicted molar refractivity (Wildman–Crippen MR) is 99.8 cm³/mol. The maximum Gasteiger partial charge on any atom is 0.340 e. The van der Waals surface area contributed by atoms with Crippen molar-refractivity contribution in [3.63, 3.8) is 0 Å². The van der Waals surface area contributed by atoms with Gasteiger partial charge in [-0.25, -0.2) is 4.79 Å². The van der Waals surface area contributed by atoms with Gasteiger partial charge in [0.2, 0.25) is 0 Å². The molecule has 5 nitrogen and oxygen atoms in total. The zero-order chi connectivity index (χ0) is 18.8. The van der Waals surface area contributed by atoms with Crippen LogP contribution >= 0.6 is 23.2 Å². The van der Waals surface area contributed by atoms with Crippen molar-refractivity contribution in [1.82, 2.24) is 4.90 Å². The van der Waals surface area contributed by atoms with Crippen LogP contribution in [0.2, 0.25) is 10.0 Å². The lowest BCUT2D eigenvalue weighted by atomic mass is 10.0. The van der Waals surface area contributed by atoms with E-state index in [1.165, 1.54) is 7.11 Å². The fourth-order valence-electron chi connectivity index (χ4n) is 3.21. The Balaban J connectivity index is 1.99. The van der Waals surface area contributed by atoms with Gasteiger partial charge in [0.25, 0.3) is 5.91 Å². The Morgan fingerprint density at radius 2 is 2.15 bits per heavy atom. The number of nitrogens with zero attached hydrogens (tertiary/aromatic N) is 1. The Morgan fingerprint density at radius 3 is 2.77 bits per heavy atom. The first-order valence-corrected chi connectivity index (χ1v) is 9.07. The Morgan fingerprint density at radius 1 is 1.38 bits per heavy atom. The average Bonchev–Trinajstić information content (AvgIpc) is 3.21. The van der Waals surface area contributed by atoms with E-state index in [4.69, 9.17) is 32.7 Å². The number of carbonyl (C=O) groups is 2. The highest BCUT2D eigenvalue weighted by molar-refractivity contribution is 6.42. The molecule has 1 aromatic carbocycles. The molecule has 0 N–H and O–H groups in total. The minimum Gasteiger partial charge on any atom is -0.465 e. The molecule has 1 amide bonds. The van der Waals surface area contributed by atoms with Crippen LogP contribution in [0.5, 0.6) is 0 Å². The smallest absolute Gasteiger partial charge is 0.340 e. The van der Waals surface area contributed by atoms with Gasteiger partial charge in [0.15, 0.2) is 0 Å². The van der Waals surface area contributed by atoms with E-state index in [9.17, 15) is 9.59 Å². The molecule has 3 rings (SSSR count). The van der Waals surface area contributed by atoms with Gasteiger partial charge >= 0.3 is 5.97 Å². The first kappa shape index (κ1) is 19.0. The summed E-state index contributed by atoms with van der Waals surface area (Å²) in [5.41, 5.74) is 1.80. The van der Waals surface area contributed by atoms with Crippen molar-refractivity contribution in [3.05, 3.63) is 50.7 Å². The van der Waals surface area contributed by atoms with Gasteiger partial charge in [0, 0.05) is 12.3 Å². The Bertz CT molecular complexity index is 810. The summed E-state index contributed by atoms with van der Waals surface area (Å²) in [6.45, 7) is 2.87. The van der Waals surface area contributed by atoms with E-state index in [-0.39, 0.29) is 23.2 Å². The van der Waals surface area contributed by atoms with Gasteiger partial charge in [0.05, 0.1) is 40.9 Å². The zero-order valence-electron chi connectivity index (χ0n) is 14.6. The lowest BCUT2D eigenvalue weighted by Gasteiger charge is -2.21. The molecule has 0 spiro atoms. The number of rotatable bonds is 4. The minimum absolute atomic E-state index is 0.0166. The predicted octanol–water partition coefficient (Wildman–Crippen LogP) is 3.85. The summed E-state index contributed by atoms with van der Waals surface area (Å²) >= 11 is 12.0. The molecule has 7 heteroatoms. The monoisotopic (exact) mass is 395 g/mol. The molecule has 0 radical (unpaired) electrons. The van der Waals surface area contributed by atoms with E-state index in [1.807, 2.05) is 0 Å². The maximum absolute atomic E-state index is 13.0. The van der Waals surface area contributed by atoms with Crippen molar-refractivity contribution >= 4 is 41.2 Å². The molecule has 26 heavy (non-hydrogen) atoms. The second-order valence-corrected chi connectivity index (χ2v) is 7.05. The number of hydrogen-bond donors (Lipinski definition) is 0. The van der Waals surface area contributed by atoms with Crippen LogP contribution in [0.15, 0.2) is 35.0 Å². The SMILES string of the molecule is COC(=O)C1=C(C)N(CC2CCCO2)C(=O)C1=Cc1ccc(Cl)c(Cl)c1. The zero-order valence-corrected chi connectivity index (χ0v) is 16.1. The average molecular weight is 396 g/mol. The number of hydrogen-bond acceptors (Lipinski definition) is 4. The van der Waals surface area contributed by atoms with Crippen molar-refractivity contribution in [2.45, 2.75) is 25.9 Å².